The molecule has 2 N–H and O–H groups in total. The molecule has 1 amide bonds. The van der Waals surface area contributed by atoms with Gasteiger partial charge in [0.05, 0.1) is 5.92 Å². The lowest BCUT2D eigenvalue weighted by Crippen LogP contribution is -2.31. The van der Waals surface area contributed by atoms with E-state index in [1.54, 1.807) is 0 Å². The Kier molecular flexibility index (Phi) is 2.38. The lowest BCUT2D eigenvalue weighted by atomic mass is 9.89. The maximum absolute atomic E-state index is 10.7. The van der Waals surface area contributed by atoms with Crippen LogP contribution in [-0.4, -0.2) is 10.8 Å². The molecule has 10 heavy (non-hydrogen) atoms. The molecule has 1 aliphatic rings. The molecule has 1 aliphatic carbocycles. The summed E-state index contributed by atoms with van der Waals surface area (Å²) >= 11 is 5.00. The average molecular weight is 157 g/mol. The first-order valence-corrected chi connectivity index (χ1v) is 3.94. The minimum Gasteiger partial charge on any atom is -0.369 e. The second-order valence-corrected chi connectivity index (χ2v) is 3.19. The second-order valence-electron chi connectivity index (χ2n) is 2.67. The standard InChI is InChI=1S/C7H11NOS/c8-7(9)5-3-1-2-4-6(5)10/h5H,1-4H2,(H2,8,9). The fourth-order valence-corrected chi connectivity index (χ4v) is 1.66. The molecule has 1 fully saturated rings. The first-order valence-electron chi connectivity index (χ1n) is 3.54. The molecule has 1 saturated carbocycles. The summed E-state index contributed by atoms with van der Waals surface area (Å²) in [5.41, 5.74) is 5.13. The zero-order chi connectivity index (χ0) is 7.56. The molecule has 0 aromatic carbocycles. The van der Waals surface area contributed by atoms with E-state index in [0.717, 1.165) is 30.5 Å². The lowest BCUT2D eigenvalue weighted by Gasteiger charge is -2.19. The van der Waals surface area contributed by atoms with E-state index in [0.29, 0.717) is 0 Å². The van der Waals surface area contributed by atoms with Crippen LogP contribution in [0.5, 0.6) is 0 Å². The van der Waals surface area contributed by atoms with Crippen LogP contribution in [0.4, 0.5) is 0 Å². The molecule has 0 bridgehead atoms. The molecule has 56 valence electrons. The Morgan fingerprint density at radius 2 is 2.30 bits per heavy atom. The Bertz CT molecular complexity index is 167. The molecule has 3 heteroatoms. The van der Waals surface area contributed by atoms with Crippen LogP contribution in [0, 0.1) is 5.92 Å². The molecular formula is C7H11NOS. The maximum atomic E-state index is 10.7. The number of hydrogen-bond acceptors (Lipinski definition) is 2. The quantitative estimate of drug-likeness (QED) is 0.578. The van der Waals surface area contributed by atoms with Crippen molar-refractivity contribution in [3.05, 3.63) is 0 Å². The first kappa shape index (κ1) is 7.66. The fourth-order valence-electron chi connectivity index (χ4n) is 1.28. The van der Waals surface area contributed by atoms with Crippen LogP contribution in [-0.2, 0) is 4.79 Å². The van der Waals surface area contributed by atoms with Gasteiger partial charge in [-0.25, -0.2) is 0 Å². The van der Waals surface area contributed by atoms with Gasteiger partial charge in [0.2, 0.25) is 5.91 Å². The van der Waals surface area contributed by atoms with Crippen molar-refractivity contribution >= 4 is 23.0 Å². The van der Waals surface area contributed by atoms with E-state index in [-0.39, 0.29) is 11.8 Å². The number of amides is 1. The Labute approximate surface area is 65.8 Å². The van der Waals surface area contributed by atoms with Gasteiger partial charge in [0.1, 0.15) is 0 Å². The smallest absolute Gasteiger partial charge is 0.225 e. The van der Waals surface area contributed by atoms with Crippen LogP contribution in [0.3, 0.4) is 0 Å². The summed E-state index contributed by atoms with van der Waals surface area (Å²) in [6.07, 6.45) is 3.99. The molecule has 0 heterocycles. The van der Waals surface area contributed by atoms with E-state index >= 15 is 0 Å². The SMILES string of the molecule is NC(=O)C1CCCCC1=S. The van der Waals surface area contributed by atoms with Gasteiger partial charge in [0, 0.05) is 4.86 Å². The Morgan fingerprint density at radius 1 is 1.60 bits per heavy atom. The molecule has 0 aliphatic heterocycles. The summed E-state index contributed by atoms with van der Waals surface area (Å²) in [5, 5.41) is 0. The van der Waals surface area contributed by atoms with Crippen molar-refractivity contribution in [2.45, 2.75) is 25.7 Å². The van der Waals surface area contributed by atoms with Crippen molar-refractivity contribution in [3.8, 4) is 0 Å². The number of primary amides is 1. The minimum absolute atomic E-state index is 0.108. The molecule has 1 unspecified atom stereocenters. The monoisotopic (exact) mass is 157 g/mol. The fraction of sp³-hybridized carbons (Fsp3) is 0.714. The van der Waals surface area contributed by atoms with Crippen molar-refractivity contribution in [3.63, 3.8) is 0 Å². The van der Waals surface area contributed by atoms with Crippen LogP contribution in [0.15, 0.2) is 0 Å². The Balaban J connectivity index is 2.56. The summed E-state index contributed by atoms with van der Waals surface area (Å²) in [7, 11) is 0. The third-order valence-electron chi connectivity index (χ3n) is 1.90. The van der Waals surface area contributed by atoms with Gasteiger partial charge in [-0.05, 0) is 19.3 Å². The van der Waals surface area contributed by atoms with Crippen LogP contribution in [0.2, 0.25) is 0 Å². The van der Waals surface area contributed by atoms with E-state index in [1.165, 1.54) is 0 Å². The van der Waals surface area contributed by atoms with Crippen molar-refractivity contribution in [2.75, 3.05) is 0 Å². The van der Waals surface area contributed by atoms with Crippen molar-refractivity contribution in [2.24, 2.45) is 11.7 Å². The van der Waals surface area contributed by atoms with Gasteiger partial charge in [0.25, 0.3) is 0 Å². The molecular weight excluding hydrogens is 146 g/mol. The summed E-state index contributed by atoms with van der Waals surface area (Å²) in [4.78, 5) is 11.6. The third kappa shape index (κ3) is 1.53. The van der Waals surface area contributed by atoms with Crippen LogP contribution in [0.25, 0.3) is 0 Å². The Morgan fingerprint density at radius 3 is 2.70 bits per heavy atom. The largest absolute Gasteiger partial charge is 0.369 e. The van der Waals surface area contributed by atoms with Crippen LogP contribution >= 0.6 is 12.2 Å². The minimum atomic E-state index is -0.246. The van der Waals surface area contributed by atoms with E-state index in [9.17, 15) is 4.79 Å². The summed E-state index contributed by atoms with van der Waals surface area (Å²) in [6.45, 7) is 0. The zero-order valence-electron chi connectivity index (χ0n) is 5.80. The molecule has 0 aromatic heterocycles. The third-order valence-corrected chi connectivity index (χ3v) is 2.39. The zero-order valence-corrected chi connectivity index (χ0v) is 6.62. The van der Waals surface area contributed by atoms with Crippen LogP contribution < -0.4 is 5.73 Å². The van der Waals surface area contributed by atoms with Gasteiger partial charge in [-0.15, -0.1) is 0 Å². The van der Waals surface area contributed by atoms with Gasteiger partial charge in [-0.1, -0.05) is 18.6 Å². The average Bonchev–Trinajstić information content (AvgIpc) is 1.88. The molecule has 0 aromatic rings. The highest BCUT2D eigenvalue weighted by Gasteiger charge is 2.22. The number of rotatable bonds is 1. The highest BCUT2D eigenvalue weighted by Crippen LogP contribution is 2.21. The van der Waals surface area contributed by atoms with Gasteiger partial charge < -0.3 is 5.73 Å². The number of thiocarbonyl (C=S) groups is 1. The normalized spacial score (nSPS) is 26.4. The van der Waals surface area contributed by atoms with Crippen molar-refractivity contribution < 1.29 is 4.79 Å². The van der Waals surface area contributed by atoms with E-state index in [4.69, 9.17) is 18.0 Å². The number of nitrogens with two attached hydrogens (primary N) is 1. The number of carbonyl (C=O) groups is 1. The van der Waals surface area contributed by atoms with E-state index in [1.807, 2.05) is 0 Å². The van der Waals surface area contributed by atoms with Gasteiger partial charge in [-0.3, -0.25) is 4.79 Å². The molecule has 1 rings (SSSR count). The number of hydrogen-bond donors (Lipinski definition) is 1. The highest BCUT2D eigenvalue weighted by atomic mass is 32.1. The van der Waals surface area contributed by atoms with E-state index < -0.39 is 0 Å². The van der Waals surface area contributed by atoms with Crippen LogP contribution in [0.1, 0.15) is 25.7 Å². The van der Waals surface area contributed by atoms with Gasteiger partial charge >= 0.3 is 0 Å². The van der Waals surface area contributed by atoms with Gasteiger partial charge in [-0.2, -0.15) is 0 Å². The summed E-state index contributed by atoms with van der Waals surface area (Å²) in [6, 6.07) is 0. The lowest BCUT2D eigenvalue weighted by molar-refractivity contribution is -0.120. The molecule has 0 spiro atoms. The van der Waals surface area contributed by atoms with Crippen molar-refractivity contribution in [1.82, 2.24) is 0 Å². The molecule has 0 saturated heterocycles. The topological polar surface area (TPSA) is 43.1 Å². The second kappa shape index (κ2) is 3.10. The highest BCUT2D eigenvalue weighted by molar-refractivity contribution is 7.80. The summed E-state index contributed by atoms with van der Waals surface area (Å²) in [5.74, 6) is -0.353. The molecule has 0 radical (unpaired) electrons. The van der Waals surface area contributed by atoms with Crippen molar-refractivity contribution in [1.29, 1.82) is 0 Å². The Hall–Kier alpha value is -0.440. The maximum Gasteiger partial charge on any atom is 0.225 e. The molecule has 1 atom stereocenters. The van der Waals surface area contributed by atoms with Gasteiger partial charge in [0.15, 0.2) is 0 Å². The first-order chi connectivity index (χ1) is 4.72. The predicted molar refractivity (Wildman–Crippen MR) is 43.8 cm³/mol. The van der Waals surface area contributed by atoms with E-state index in [2.05, 4.69) is 0 Å². The number of carbonyl (C=O) groups excluding carboxylic acids is 1. The molecule has 2 nitrogen and oxygen atoms in total. The summed E-state index contributed by atoms with van der Waals surface area (Å²) < 4.78 is 0. The predicted octanol–water partition coefficient (Wildman–Crippen LogP) is 1.03.